The standard InChI is InChI=1S/C32H23ClN2O5S/c1-39-23-14-15-25-26(17-23)41-32(34-25)35-28(21-8-5-9-24(16-21)40-18-19-6-3-2-4-7-19)27(30(37)31(35)38)29(36)20-10-12-22(33)13-11-20/h2-17,28,36H,18H2,1H3. The molecule has 0 radical (unpaired) electrons. The Morgan fingerprint density at radius 2 is 1.73 bits per heavy atom. The molecule has 5 aromatic rings. The Labute approximate surface area is 244 Å². The van der Waals surface area contributed by atoms with E-state index in [2.05, 4.69) is 4.98 Å². The molecule has 1 aromatic heterocycles. The Bertz CT molecular complexity index is 1800. The highest BCUT2D eigenvalue weighted by Crippen LogP contribution is 2.45. The summed E-state index contributed by atoms with van der Waals surface area (Å²) in [6.45, 7) is 0.342. The minimum Gasteiger partial charge on any atom is -0.507 e. The smallest absolute Gasteiger partial charge is 0.301 e. The Hall–Kier alpha value is -4.66. The van der Waals surface area contributed by atoms with Gasteiger partial charge in [0.25, 0.3) is 5.78 Å². The molecule has 1 atom stereocenters. The molecule has 4 aromatic carbocycles. The number of hydrogen-bond donors (Lipinski definition) is 1. The number of carbonyl (C=O) groups excluding carboxylic acids is 2. The van der Waals surface area contributed by atoms with Crippen LogP contribution in [0.2, 0.25) is 5.02 Å². The predicted molar refractivity (Wildman–Crippen MR) is 160 cm³/mol. The summed E-state index contributed by atoms with van der Waals surface area (Å²) in [6.07, 6.45) is 0. The average Bonchev–Trinajstić information content (AvgIpc) is 3.54. The normalized spacial score (nSPS) is 16.3. The Kier molecular flexibility index (Phi) is 7.17. The van der Waals surface area contributed by atoms with Crippen molar-refractivity contribution >= 4 is 55.7 Å². The molecular weight excluding hydrogens is 560 g/mol. The van der Waals surface area contributed by atoms with Crippen molar-refractivity contribution < 1.29 is 24.2 Å². The Morgan fingerprint density at radius 1 is 0.951 bits per heavy atom. The SMILES string of the molecule is COc1ccc2nc(N3C(=O)C(=O)C(=C(O)c4ccc(Cl)cc4)C3c3cccc(OCc4ccccc4)c3)sc2c1. The number of rotatable bonds is 7. The average molecular weight is 583 g/mol. The molecule has 0 bridgehead atoms. The van der Waals surface area contributed by atoms with Gasteiger partial charge in [-0.2, -0.15) is 0 Å². The fourth-order valence-electron chi connectivity index (χ4n) is 4.75. The molecule has 7 nitrogen and oxygen atoms in total. The lowest BCUT2D eigenvalue weighted by Crippen LogP contribution is -2.29. The summed E-state index contributed by atoms with van der Waals surface area (Å²) in [5.41, 5.74) is 2.56. The lowest BCUT2D eigenvalue weighted by Gasteiger charge is -2.23. The second kappa shape index (κ2) is 11.1. The summed E-state index contributed by atoms with van der Waals surface area (Å²) >= 11 is 7.31. The number of benzene rings is 4. The predicted octanol–water partition coefficient (Wildman–Crippen LogP) is 7.16. The van der Waals surface area contributed by atoms with Crippen LogP contribution in [0, 0.1) is 0 Å². The van der Waals surface area contributed by atoms with E-state index in [1.165, 1.54) is 16.2 Å². The van der Waals surface area contributed by atoms with Gasteiger partial charge in [-0.25, -0.2) is 4.98 Å². The molecule has 1 saturated heterocycles. The molecule has 1 aliphatic heterocycles. The first kappa shape index (κ1) is 26.6. The maximum atomic E-state index is 13.6. The van der Waals surface area contributed by atoms with Gasteiger partial charge in [-0.3, -0.25) is 14.5 Å². The summed E-state index contributed by atoms with van der Waals surface area (Å²) in [4.78, 5) is 33.2. The van der Waals surface area contributed by atoms with Crippen molar-refractivity contribution in [2.45, 2.75) is 12.6 Å². The van der Waals surface area contributed by atoms with E-state index >= 15 is 0 Å². The first-order chi connectivity index (χ1) is 19.9. The molecule has 1 fully saturated rings. The van der Waals surface area contributed by atoms with E-state index in [0.29, 0.717) is 44.9 Å². The third kappa shape index (κ3) is 5.15. The van der Waals surface area contributed by atoms with Crippen LogP contribution in [0.15, 0.2) is 103 Å². The van der Waals surface area contributed by atoms with Crippen LogP contribution < -0.4 is 14.4 Å². The van der Waals surface area contributed by atoms with Gasteiger partial charge in [-0.1, -0.05) is 65.4 Å². The van der Waals surface area contributed by atoms with Crippen molar-refractivity contribution in [1.29, 1.82) is 0 Å². The van der Waals surface area contributed by atoms with Crippen LogP contribution in [0.25, 0.3) is 16.0 Å². The molecule has 1 aliphatic rings. The second-order valence-electron chi connectivity index (χ2n) is 9.35. The number of anilines is 1. The van der Waals surface area contributed by atoms with Crippen molar-refractivity contribution in [3.63, 3.8) is 0 Å². The fraction of sp³-hybridized carbons (Fsp3) is 0.0938. The molecule has 2 heterocycles. The molecular formula is C32H23ClN2O5S. The number of aromatic nitrogens is 1. The summed E-state index contributed by atoms with van der Waals surface area (Å²) in [5, 5.41) is 12.2. The number of thiazole rings is 1. The van der Waals surface area contributed by atoms with E-state index in [1.807, 2.05) is 42.5 Å². The monoisotopic (exact) mass is 582 g/mol. The summed E-state index contributed by atoms with van der Waals surface area (Å²) < 4.78 is 12.2. The van der Waals surface area contributed by atoms with Crippen LogP contribution in [-0.4, -0.2) is 28.9 Å². The highest BCUT2D eigenvalue weighted by atomic mass is 35.5. The second-order valence-corrected chi connectivity index (χ2v) is 10.8. The number of methoxy groups -OCH3 is 1. The van der Waals surface area contributed by atoms with E-state index in [9.17, 15) is 14.7 Å². The van der Waals surface area contributed by atoms with Crippen LogP contribution >= 0.6 is 22.9 Å². The number of carbonyl (C=O) groups is 2. The van der Waals surface area contributed by atoms with Gasteiger partial charge in [0.15, 0.2) is 5.13 Å². The van der Waals surface area contributed by atoms with Crippen molar-refractivity contribution in [3.8, 4) is 11.5 Å². The lowest BCUT2D eigenvalue weighted by molar-refractivity contribution is -0.132. The summed E-state index contributed by atoms with van der Waals surface area (Å²) in [7, 11) is 1.57. The largest absolute Gasteiger partial charge is 0.507 e. The van der Waals surface area contributed by atoms with Gasteiger partial charge in [0.2, 0.25) is 0 Å². The van der Waals surface area contributed by atoms with Crippen molar-refractivity contribution in [2.75, 3.05) is 12.0 Å². The number of Topliss-reactive ketones (excluding diaryl/α,β-unsaturated/α-hetero) is 1. The lowest BCUT2D eigenvalue weighted by atomic mass is 9.95. The van der Waals surface area contributed by atoms with E-state index in [4.69, 9.17) is 21.1 Å². The highest BCUT2D eigenvalue weighted by molar-refractivity contribution is 7.22. The van der Waals surface area contributed by atoms with E-state index < -0.39 is 17.7 Å². The molecule has 204 valence electrons. The van der Waals surface area contributed by atoms with Crippen LogP contribution in [-0.2, 0) is 16.2 Å². The number of nitrogens with zero attached hydrogens (tertiary/aromatic N) is 2. The Balaban J connectivity index is 1.47. The fourth-order valence-corrected chi connectivity index (χ4v) is 5.89. The Morgan fingerprint density at radius 3 is 2.49 bits per heavy atom. The number of ether oxygens (including phenoxy) is 2. The van der Waals surface area contributed by atoms with Gasteiger partial charge in [0.05, 0.1) is 28.9 Å². The number of fused-ring (bicyclic) bond motifs is 1. The number of hydrogen-bond acceptors (Lipinski definition) is 7. The number of aliphatic hydroxyl groups is 1. The van der Waals surface area contributed by atoms with Crippen molar-refractivity contribution in [1.82, 2.24) is 4.98 Å². The van der Waals surface area contributed by atoms with E-state index in [1.54, 1.807) is 61.7 Å². The van der Waals surface area contributed by atoms with Crippen molar-refractivity contribution in [3.05, 3.63) is 124 Å². The van der Waals surface area contributed by atoms with E-state index in [-0.39, 0.29) is 11.3 Å². The third-order valence-corrected chi connectivity index (χ3v) is 8.04. The van der Waals surface area contributed by atoms with Gasteiger partial charge in [-0.15, -0.1) is 0 Å². The van der Waals surface area contributed by atoms with Crippen LogP contribution in [0.4, 0.5) is 5.13 Å². The molecule has 41 heavy (non-hydrogen) atoms. The molecule has 1 unspecified atom stereocenters. The zero-order valence-electron chi connectivity index (χ0n) is 21.8. The van der Waals surface area contributed by atoms with Gasteiger partial charge in [0.1, 0.15) is 23.9 Å². The van der Waals surface area contributed by atoms with Crippen LogP contribution in [0.5, 0.6) is 11.5 Å². The van der Waals surface area contributed by atoms with Gasteiger partial charge < -0.3 is 14.6 Å². The molecule has 1 amide bonds. The molecule has 1 N–H and O–H groups in total. The molecule has 9 heteroatoms. The maximum Gasteiger partial charge on any atom is 0.301 e. The van der Waals surface area contributed by atoms with E-state index in [0.717, 1.165) is 10.3 Å². The number of amides is 1. The van der Waals surface area contributed by atoms with Gasteiger partial charge in [-0.05, 0) is 65.7 Å². The minimum absolute atomic E-state index is 0.0469. The summed E-state index contributed by atoms with van der Waals surface area (Å²) in [5.74, 6) is -0.692. The summed E-state index contributed by atoms with van der Waals surface area (Å²) in [6, 6.07) is 27.8. The van der Waals surface area contributed by atoms with Crippen LogP contribution in [0.3, 0.4) is 0 Å². The molecule has 0 spiro atoms. The highest BCUT2D eigenvalue weighted by Gasteiger charge is 2.48. The first-order valence-corrected chi connectivity index (χ1v) is 13.9. The minimum atomic E-state index is -0.951. The first-order valence-electron chi connectivity index (χ1n) is 12.7. The third-order valence-electron chi connectivity index (χ3n) is 6.77. The number of ketones is 1. The zero-order chi connectivity index (χ0) is 28.5. The quantitative estimate of drug-likeness (QED) is 0.124. The maximum absolute atomic E-state index is 13.6. The number of aliphatic hydroxyl groups excluding tert-OH is 1. The van der Waals surface area contributed by atoms with Gasteiger partial charge in [0, 0.05) is 10.6 Å². The van der Waals surface area contributed by atoms with Crippen molar-refractivity contribution in [2.24, 2.45) is 0 Å². The molecule has 0 saturated carbocycles. The molecule has 6 rings (SSSR count). The number of halogens is 1. The van der Waals surface area contributed by atoms with Crippen LogP contribution in [0.1, 0.15) is 22.7 Å². The molecule has 0 aliphatic carbocycles. The topological polar surface area (TPSA) is 89.0 Å². The van der Waals surface area contributed by atoms with Gasteiger partial charge >= 0.3 is 5.91 Å². The zero-order valence-corrected chi connectivity index (χ0v) is 23.4.